The van der Waals surface area contributed by atoms with Gasteiger partial charge in [0.15, 0.2) is 0 Å². The molecule has 120 valence electrons. The van der Waals surface area contributed by atoms with E-state index in [1.54, 1.807) is 48.5 Å². The number of benzene rings is 2. The van der Waals surface area contributed by atoms with Gasteiger partial charge in [-0.3, -0.25) is 9.59 Å². The van der Waals surface area contributed by atoms with E-state index in [4.69, 9.17) is 5.11 Å². The number of aliphatic hydroxyl groups excluding tert-OH is 1. The molecule has 0 heterocycles. The molecule has 0 aliphatic heterocycles. The van der Waals surface area contributed by atoms with Gasteiger partial charge < -0.3 is 15.7 Å². The van der Waals surface area contributed by atoms with Crippen molar-refractivity contribution in [3.8, 4) is 0 Å². The first-order chi connectivity index (χ1) is 11.1. The van der Waals surface area contributed by atoms with Crippen LogP contribution in [-0.2, 0) is 0 Å². The minimum atomic E-state index is -0.282. The lowest BCUT2D eigenvalue weighted by atomic mass is 10.1. The van der Waals surface area contributed by atoms with Gasteiger partial charge in [-0.15, -0.1) is 0 Å². The molecule has 0 saturated heterocycles. The first kappa shape index (κ1) is 16.7. The first-order valence-corrected chi connectivity index (χ1v) is 7.49. The number of hydrogen-bond acceptors (Lipinski definition) is 3. The highest BCUT2D eigenvalue weighted by Crippen LogP contribution is 2.16. The summed E-state index contributed by atoms with van der Waals surface area (Å²) in [5.41, 5.74) is 1.37. The summed E-state index contributed by atoms with van der Waals surface area (Å²) in [6.07, 6.45) is 0.476. The second-order valence-electron chi connectivity index (χ2n) is 5.25. The van der Waals surface area contributed by atoms with Gasteiger partial charge in [-0.2, -0.15) is 0 Å². The maximum atomic E-state index is 12.3. The average Bonchev–Trinajstić information content (AvgIpc) is 2.56. The second kappa shape index (κ2) is 8.10. The lowest BCUT2D eigenvalue weighted by Gasteiger charge is -2.15. The quantitative estimate of drug-likeness (QED) is 0.766. The summed E-state index contributed by atoms with van der Waals surface area (Å²) in [4.78, 5) is 24.6. The highest BCUT2D eigenvalue weighted by molar-refractivity contribution is 6.09. The van der Waals surface area contributed by atoms with E-state index < -0.39 is 0 Å². The second-order valence-corrected chi connectivity index (χ2v) is 5.25. The van der Waals surface area contributed by atoms with Gasteiger partial charge in [-0.25, -0.2) is 0 Å². The van der Waals surface area contributed by atoms with Crippen molar-refractivity contribution in [1.29, 1.82) is 0 Å². The monoisotopic (exact) mass is 312 g/mol. The zero-order valence-electron chi connectivity index (χ0n) is 13.0. The number of carbonyl (C=O) groups is 2. The third-order valence-corrected chi connectivity index (χ3v) is 3.40. The Morgan fingerprint density at radius 1 is 1.00 bits per heavy atom. The number of para-hydroxylation sites is 1. The van der Waals surface area contributed by atoms with Crippen molar-refractivity contribution < 1.29 is 14.7 Å². The van der Waals surface area contributed by atoms with Crippen molar-refractivity contribution in [3.05, 3.63) is 65.7 Å². The highest BCUT2D eigenvalue weighted by Gasteiger charge is 2.15. The largest absolute Gasteiger partial charge is 0.396 e. The van der Waals surface area contributed by atoms with E-state index in [-0.39, 0.29) is 24.5 Å². The van der Waals surface area contributed by atoms with Crippen molar-refractivity contribution in [2.24, 2.45) is 0 Å². The van der Waals surface area contributed by atoms with E-state index in [2.05, 4.69) is 10.6 Å². The first-order valence-electron chi connectivity index (χ1n) is 7.49. The summed E-state index contributed by atoms with van der Waals surface area (Å²) in [5, 5.41) is 14.5. The summed E-state index contributed by atoms with van der Waals surface area (Å²) in [7, 11) is 0. The molecule has 5 nitrogen and oxygen atoms in total. The molecule has 2 aromatic carbocycles. The van der Waals surface area contributed by atoms with Gasteiger partial charge in [0.1, 0.15) is 0 Å². The molecule has 0 radical (unpaired) electrons. The standard InChI is InChI=1S/C18H20N2O3/c1-13(11-12-21)19-18(23)15-9-5-6-10-16(15)20-17(22)14-7-3-2-4-8-14/h2-10,13,21H,11-12H2,1H3,(H,19,23)(H,20,22). The van der Waals surface area contributed by atoms with Gasteiger partial charge >= 0.3 is 0 Å². The van der Waals surface area contributed by atoms with Crippen LogP contribution in [0.4, 0.5) is 5.69 Å². The van der Waals surface area contributed by atoms with Crippen LogP contribution in [0.15, 0.2) is 54.6 Å². The van der Waals surface area contributed by atoms with Crippen LogP contribution in [0.25, 0.3) is 0 Å². The molecule has 2 aromatic rings. The molecular weight excluding hydrogens is 292 g/mol. The fraction of sp³-hybridized carbons (Fsp3) is 0.222. The summed E-state index contributed by atoms with van der Waals surface area (Å²) in [6, 6.07) is 15.5. The molecule has 23 heavy (non-hydrogen) atoms. The van der Waals surface area contributed by atoms with Gasteiger partial charge in [-0.05, 0) is 37.6 Å². The van der Waals surface area contributed by atoms with Crippen LogP contribution >= 0.6 is 0 Å². The molecule has 5 heteroatoms. The van der Waals surface area contributed by atoms with Gasteiger partial charge in [0.25, 0.3) is 11.8 Å². The van der Waals surface area contributed by atoms with Gasteiger partial charge in [0, 0.05) is 18.2 Å². The molecule has 2 rings (SSSR count). The minimum Gasteiger partial charge on any atom is -0.396 e. The average molecular weight is 312 g/mol. The zero-order chi connectivity index (χ0) is 16.7. The summed E-state index contributed by atoms with van der Waals surface area (Å²) < 4.78 is 0. The van der Waals surface area contributed by atoms with Crippen molar-refractivity contribution in [2.45, 2.75) is 19.4 Å². The molecule has 0 spiro atoms. The van der Waals surface area contributed by atoms with Crippen LogP contribution in [0.2, 0.25) is 0 Å². The van der Waals surface area contributed by atoms with Crippen LogP contribution < -0.4 is 10.6 Å². The minimum absolute atomic E-state index is 0.00777. The molecule has 1 unspecified atom stereocenters. The lowest BCUT2D eigenvalue weighted by Crippen LogP contribution is -2.33. The Morgan fingerprint density at radius 2 is 1.65 bits per heavy atom. The van der Waals surface area contributed by atoms with E-state index >= 15 is 0 Å². The van der Waals surface area contributed by atoms with Crippen LogP contribution in [0.5, 0.6) is 0 Å². The molecule has 1 atom stereocenters. The topological polar surface area (TPSA) is 78.4 Å². The number of amides is 2. The fourth-order valence-electron chi connectivity index (χ4n) is 2.14. The Kier molecular flexibility index (Phi) is 5.88. The van der Waals surface area contributed by atoms with Crippen molar-refractivity contribution in [1.82, 2.24) is 5.32 Å². The molecule has 2 amide bonds. The number of rotatable bonds is 6. The van der Waals surface area contributed by atoms with Crippen LogP contribution in [-0.4, -0.2) is 29.6 Å². The summed E-state index contributed by atoms with van der Waals surface area (Å²) in [6.45, 7) is 1.83. The third-order valence-electron chi connectivity index (χ3n) is 3.40. The summed E-state index contributed by atoms with van der Waals surface area (Å²) in [5.74, 6) is -0.552. The molecule has 0 aromatic heterocycles. The van der Waals surface area contributed by atoms with E-state index in [0.717, 1.165) is 0 Å². The predicted octanol–water partition coefficient (Wildman–Crippen LogP) is 2.44. The Hall–Kier alpha value is -2.66. The zero-order valence-corrected chi connectivity index (χ0v) is 13.0. The Labute approximate surface area is 135 Å². The SMILES string of the molecule is CC(CCO)NC(=O)c1ccccc1NC(=O)c1ccccc1. The molecule has 0 aliphatic rings. The van der Waals surface area contributed by atoms with Crippen LogP contribution in [0.1, 0.15) is 34.1 Å². The number of anilines is 1. The molecule has 0 fully saturated rings. The van der Waals surface area contributed by atoms with Gasteiger partial charge in [-0.1, -0.05) is 30.3 Å². The molecular formula is C18H20N2O3. The third kappa shape index (κ3) is 4.66. The van der Waals surface area contributed by atoms with E-state index in [1.807, 2.05) is 13.0 Å². The summed E-state index contributed by atoms with van der Waals surface area (Å²) >= 11 is 0. The van der Waals surface area contributed by atoms with Crippen molar-refractivity contribution >= 4 is 17.5 Å². The normalized spacial score (nSPS) is 11.6. The molecule has 3 N–H and O–H groups in total. The maximum Gasteiger partial charge on any atom is 0.255 e. The molecule has 0 bridgehead atoms. The number of nitrogens with one attached hydrogen (secondary N) is 2. The van der Waals surface area contributed by atoms with Crippen LogP contribution in [0.3, 0.4) is 0 Å². The Bertz CT molecular complexity index is 671. The van der Waals surface area contributed by atoms with Gasteiger partial charge in [0.05, 0.1) is 11.3 Å². The number of hydrogen-bond donors (Lipinski definition) is 3. The Morgan fingerprint density at radius 3 is 2.35 bits per heavy atom. The molecule has 0 aliphatic carbocycles. The van der Waals surface area contributed by atoms with Gasteiger partial charge in [0.2, 0.25) is 0 Å². The number of carbonyl (C=O) groups excluding carboxylic acids is 2. The molecule has 0 saturated carbocycles. The maximum absolute atomic E-state index is 12.3. The van der Waals surface area contributed by atoms with Crippen LogP contribution in [0, 0.1) is 0 Å². The van der Waals surface area contributed by atoms with E-state index in [9.17, 15) is 9.59 Å². The van der Waals surface area contributed by atoms with E-state index in [1.165, 1.54) is 0 Å². The Balaban J connectivity index is 2.14. The smallest absolute Gasteiger partial charge is 0.255 e. The van der Waals surface area contributed by atoms with Crippen molar-refractivity contribution in [3.63, 3.8) is 0 Å². The fourth-order valence-corrected chi connectivity index (χ4v) is 2.14. The predicted molar refractivity (Wildman–Crippen MR) is 89.5 cm³/mol. The highest BCUT2D eigenvalue weighted by atomic mass is 16.3. The van der Waals surface area contributed by atoms with E-state index in [0.29, 0.717) is 23.2 Å². The van der Waals surface area contributed by atoms with Crippen molar-refractivity contribution in [2.75, 3.05) is 11.9 Å². The lowest BCUT2D eigenvalue weighted by molar-refractivity contribution is 0.0935. The number of aliphatic hydroxyl groups is 1.